The molecule has 17 heavy (non-hydrogen) atoms. The van der Waals surface area contributed by atoms with E-state index in [-0.39, 0.29) is 12.3 Å². The van der Waals surface area contributed by atoms with E-state index in [1.54, 1.807) is 6.92 Å². The minimum absolute atomic E-state index is 0.134. The number of benzene rings is 1. The fourth-order valence-corrected chi connectivity index (χ4v) is 1.13. The molecular weight excluding hydrogens is 229 g/mol. The molecule has 0 spiro atoms. The van der Waals surface area contributed by atoms with Crippen molar-refractivity contribution in [3.63, 3.8) is 0 Å². The molecule has 0 unspecified atom stereocenters. The number of halogens is 1. The average molecular weight is 239 g/mol. The van der Waals surface area contributed by atoms with Crippen LogP contribution in [0.2, 0.25) is 0 Å². The van der Waals surface area contributed by atoms with Crippen LogP contribution in [0.3, 0.4) is 0 Å². The number of aromatic carboxylic acids is 1. The highest BCUT2D eigenvalue weighted by Crippen LogP contribution is 2.21. The van der Waals surface area contributed by atoms with Gasteiger partial charge in [-0.1, -0.05) is 6.07 Å². The van der Waals surface area contributed by atoms with E-state index in [1.807, 2.05) is 0 Å². The van der Waals surface area contributed by atoms with E-state index in [1.165, 1.54) is 12.1 Å². The van der Waals surface area contributed by atoms with E-state index in [0.29, 0.717) is 0 Å². The fraction of sp³-hybridized carbons (Fsp3) is 0.182. The Bertz CT molecular complexity index is 471. The number of esters is 1. The van der Waals surface area contributed by atoms with Crippen LogP contribution >= 0.6 is 0 Å². The summed E-state index contributed by atoms with van der Waals surface area (Å²) in [6.07, 6.45) is 0.810. The second kappa shape index (κ2) is 5.74. The Hall–Kier alpha value is -2.24. The highest BCUT2D eigenvalue weighted by molar-refractivity contribution is 6.23. The van der Waals surface area contributed by atoms with Gasteiger partial charge in [0.25, 0.3) is 0 Å². The third-order valence-corrected chi connectivity index (χ3v) is 1.80. The minimum atomic E-state index is -1.45. The van der Waals surface area contributed by atoms with E-state index >= 15 is 0 Å². The second-order valence-corrected chi connectivity index (χ2v) is 2.95. The van der Waals surface area contributed by atoms with Crippen molar-refractivity contribution in [2.45, 2.75) is 6.92 Å². The smallest absolute Gasteiger partial charge is 0.349 e. The van der Waals surface area contributed by atoms with Crippen molar-refractivity contribution in [2.75, 3.05) is 6.61 Å². The van der Waals surface area contributed by atoms with Gasteiger partial charge in [-0.05, 0) is 19.1 Å². The minimum Gasteiger partial charge on any atom is -0.478 e. The third-order valence-electron chi connectivity index (χ3n) is 1.80. The van der Waals surface area contributed by atoms with Gasteiger partial charge in [-0.3, -0.25) is 0 Å². The summed E-state index contributed by atoms with van der Waals surface area (Å²) in [6, 6.07) is 3.61. The zero-order valence-electron chi connectivity index (χ0n) is 9.01. The lowest BCUT2D eigenvalue weighted by molar-refractivity contribution is -0.134. The van der Waals surface area contributed by atoms with Crippen LogP contribution in [0.15, 0.2) is 23.2 Å². The molecule has 1 N–H and O–H groups in total. The number of nitrogens with zero attached hydrogens (tertiary/aromatic N) is 1. The molecule has 0 aliphatic heterocycles. The van der Waals surface area contributed by atoms with Crippen LogP contribution < -0.4 is 0 Å². The molecule has 1 rings (SSSR count). The van der Waals surface area contributed by atoms with Gasteiger partial charge in [0.1, 0.15) is 17.6 Å². The quantitative estimate of drug-likeness (QED) is 0.642. The summed E-state index contributed by atoms with van der Waals surface area (Å²) in [5, 5.41) is 8.79. The molecule has 1 aromatic rings. The number of hydrogen-bond donors (Lipinski definition) is 1. The topological polar surface area (TPSA) is 76.0 Å². The normalized spacial score (nSPS) is 10.5. The first-order valence-corrected chi connectivity index (χ1v) is 4.79. The molecule has 0 aliphatic carbocycles. The van der Waals surface area contributed by atoms with Crippen molar-refractivity contribution in [3.8, 4) is 0 Å². The summed E-state index contributed by atoms with van der Waals surface area (Å²) >= 11 is 0. The van der Waals surface area contributed by atoms with Crippen molar-refractivity contribution < 1.29 is 23.8 Å². The maximum Gasteiger partial charge on any atom is 0.349 e. The number of aliphatic imine (C=N–C) groups is 1. The number of carboxylic acids is 1. The molecule has 0 aromatic heterocycles. The van der Waals surface area contributed by atoms with Gasteiger partial charge in [0.15, 0.2) is 0 Å². The van der Waals surface area contributed by atoms with Gasteiger partial charge >= 0.3 is 11.9 Å². The van der Waals surface area contributed by atoms with Crippen LogP contribution in [0.5, 0.6) is 0 Å². The summed E-state index contributed by atoms with van der Waals surface area (Å²) in [5.41, 5.74) is -0.710. The molecule has 0 heterocycles. The lowest BCUT2D eigenvalue weighted by Gasteiger charge is -2.01. The van der Waals surface area contributed by atoms with Gasteiger partial charge in [-0.15, -0.1) is 0 Å². The standard InChI is InChI=1S/C11H10FNO4/c1-2-17-9(14)6-13-8-5-3-4-7(12)10(8)11(15)16/h3-6H,2H2,1H3,(H,15,16)/b13-6-. The number of carbonyl (C=O) groups excluding carboxylic acids is 1. The predicted molar refractivity (Wildman–Crippen MR) is 58.1 cm³/mol. The second-order valence-electron chi connectivity index (χ2n) is 2.95. The van der Waals surface area contributed by atoms with Crippen molar-refractivity contribution >= 4 is 23.8 Å². The van der Waals surface area contributed by atoms with Crippen molar-refractivity contribution in [1.82, 2.24) is 0 Å². The molecule has 0 atom stereocenters. The first-order valence-electron chi connectivity index (χ1n) is 4.79. The highest BCUT2D eigenvalue weighted by Gasteiger charge is 2.14. The first kappa shape index (κ1) is 12.8. The number of carboxylic acid groups (broad SMARTS) is 1. The molecule has 0 aliphatic rings. The molecule has 0 saturated heterocycles. The Morgan fingerprint density at radius 2 is 2.24 bits per heavy atom. The largest absolute Gasteiger partial charge is 0.478 e. The van der Waals surface area contributed by atoms with Gasteiger partial charge in [0, 0.05) is 0 Å². The predicted octanol–water partition coefficient (Wildman–Crippen LogP) is 1.79. The number of hydrogen-bond acceptors (Lipinski definition) is 4. The lowest BCUT2D eigenvalue weighted by atomic mass is 10.1. The van der Waals surface area contributed by atoms with Crippen LogP contribution in [0, 0.1) is 5.82 Å². The van der Waals surface area contributed by atoms with E-state index in [0.717, 1.165) is 12.3 Å². The zero-order valence-corrected chi connectivity index (χ0v) is 9.01. The Kier molecular flexibility index (Phi) is 4.33. The van der Waals surface area contributed by atoms with Gasteiger partial charge in [-0.2, -0.15) is 0 Å². The van der Waals surface area contributed by atoms with Crippen molar-refractivity contribution in [2.24, 2.45) is 4.99 Å². The monoisotopic (exact) mass is 239 g/mol. The zero-order chi connectivity index (χ0) is 12.8. The van der Waals surface area contributed by atoms with Crippen LogP contribution in [0.1, 0.15) is 17.3 Å². The molecule has 0 saturated carbocycles. The molecule has 0 bridgehead atoms. The molecule has 0 amide bonds. The SMILES string of the molecule is CCOC(=O)/C=N\c1cccc(F)c1C(=O)O. The van der Waals surface area contributed by atoms with E-state index in [4.69, 9.17) is 5.11 Å². The fourth-order valence-electron chi connectivity index (χ4n) is 1.13. The summed E-state index contributed by atoms with van der Waals surface area (Å²) in [7, 11) is 0. The van der Waals surface area contributed by atoms with Gasteiger partial charge in [0.2, 0.25) is 0 Å². The van der Waals surface area contributed by atoms with E-state index < -0.39 is 23.3 Å². The van der Waals surface area contributed by atoms with Crippen molar-refractivity contribution in [1.29, 1.82) is 0 Å². The Balaban J connectivity index is 3.02. The van der Waals surface area contributed by atoms with Crippen LogP contribution in [0.25, 0.3) is 0 Å². The molecule has 90 valence electrons. The Morgan fingerprint density at radius 3 is 2.82 bits per heavy atom. The maximum absolute atomic E-state index is 13.2. The van der Waals surface area contributed by atoms with Gasteiger partial charge < -0.3 is 9.84 Å². The maximum atomic E-state index is 13.2. The summed E-state index contributed by atoms with van der Waals surface area (Å²) in [6.45, 7) is 1.80. The van der Waals surface area contributed by atoms with Crippen LogP contribution in [-0.4, -0.2) is 29.9 Å². The van der Waals surface area contributed by atoms with E-state index in [2.05, 4.69) is 9.73 Å². The third kappa shape index (κ3) is 3.37. The molecule has 1 aromatic carbocycles. The molecule has 5 nitrogen and oxygen atoms in total. The van der Waals surface area contributed by atoms with Crippen LogP contribution in [-0.2, 0) is 9.53 Å². The number of ether oxygens (including phenoxy) is 1. The molecule has 0 fully saturated rings. The van der Waals surface area contributed by atoms with E-state index in [9.17, 15) is 14.0 Å². The Labute approximate surface area is 96.5 Å². The Morgan fingerprint density at radius 1 is 1.53 bits per heavy atom. The average Bonchev–Trinajstić information content (AvgIpc) is 2.26. The number of carbonyl (C=O) groups is 2. The van der Waals surface area contributed by atoms with Gasteiger partial charge in [-0.25, -0.2) is 19.0 Å². The van der Waals surface area contributed by atoms with Crippen LogP contribution in [0.4, 0.5) is 10.1 Å². The first-order chi connectivity index (χ1) is 8.06. The van der Waals surface area contributed by atoms with Crippen molar-refractivity contribution in [3.05, 3.63) is 29.6 Å². The molecular formula is C11H10FNO4. The molecule has 6 heteroatoms. The summed E-state index contributed by atoms with van der Waals surface area (Å²) < 4.78 is 17.8. The highest BCUT2D eigenvalue weighted by atomic mass is 19.1. The molecule has 0 radical (unpaired) electrons. The number of rotatable bonds is 4. The summed E-state index contributed by atoms with van der Waals surface area (Å²) in [4.78, 5) is 25.3. The summed E-state index contributed by atoms with van der Waals surface area (Å²) in [5.74, 6) is -3.07. The lowest BCUT2D eigenvalue weighted by Crippen LogP contribution is -2.05. The van der Waals surface area contributed by atoms with Gasteiger partial charge in [0.05, 0.1) is 12.3 Å².